The summed E-state index contributed by atoms with van der Waals surface area (Å²) in [7, 11) is 0. The number of unbranched alkanes of at least 4 members (excludes halogenated alkanes) is 1. The third-order valence-electron chi connectivity index (χ3n) is 3.50. The van der Waals surface area contributed by atoms with Crippen molar-refractivity contribution in [1.82, 2.24) is 5.32 Å². The molecule has 0 aliphatic carbocycles. The van der Waals surface area contributed by atoms with Gasteiger partial charge in [-0.2, -0.15) is 0 Å². The van der Waals surface area contributed by atoms with Gasteiger partial charge in [0.25, 0.3) is 0 Å². The van der Waals surface area contributed by atoms with E-state index in [4.69, 9.17) is 4.74 Å². The molecular weight excluding hydrogens is 202 g/mol. The highest BCUT2D eigenvalue weighted by molar-refractivity contribution is 4.73. The molecule has 16 heavy (non-hydrogen) atoms. The molecule has 2 unspecified atom stereocenters. The fourth-order valence-electron chi connectivity index (χ4n) is 2.33. The molecule has 1 saturated heterocycles. The lowest BCUT2D eigenvalue weighted by Crippen LogP contribution is -2.30. The highest BCUT2D eigenvalue weighted by Gasteiger charge is 2.22. The number of rotatable bonds is 8. The number of hydrogen-bond donors (Lipinski definition) is 2. The van der Waals surface area contributed by atoms with Crippen LogP contribution in [-0.2, 0) is 4.74 Å². The molecule has 0 aromatic heterocycles. The van der Waals surface area contributed by atoms with E-state index in [0.29, 0.717) is 18.4 Å². The normalized spacial score (nSPS) is 23.2. The lowest BCUT2D eigenvalue weighted by atomic mass is 9.86. The van der Waals surface area contributed by atoms with Crippen LogP contribution in [0.15, 0.2) is 0 Å². The van der Waals surface area contributed by atoms with Gasteiger partial charge in [0.2, 0.25) is 0 Å². The van der Waals surface area contributed by atoms with Crippen molar-refractivity contribution in [1.29, 1.82) is 0 Å². The van der Waals surface area contributed by atoms with E-state index in [0.717, 1.165) is 39.1 Å². The van der Waals surface area contributed by atoms with Crippen LogP contribution in [0.2, 0.25) is 0 Å². The Hall–Kier alpha value is -0.120. The summed E-state index contributed by atoms with van der Waals surface area (Å²) in [6.07, 6.45) is 5.95. The molecule has 0 radical (unpaired) electrons. The molecule has 3 heteroatoms. The summed E-state index contributed by atoms with van der Waals surface area (Å²) in [5.41, 5.74) is 0. The molecule has 96 valence electrons. The number of nitrogens with one attached hydrogen (secondary N) is 1. The van der Waals surface area contributed by atoms with Gasteiger partial charge in [0.05, 0.1) is 0 Å². The van der Waals surface area contributed by atoms with Crippen molar-refractivity contribution in [3.05, 3.63) is 0 Å². The van der Waals surface area contributed by atoms with Crippen LogP contribution < -0.4 is 5.32 Å². The highest BCUT2D eigenvalue weighted by Crippen LogP contribution is 2.24. The largest absolute Gasteiger partial charge is 0.396 e. The molecule has 3 nitrogen and oxygen atoms in total. The summed E-state index contributed by atoms with van der Waals surface area (Å²) in [5.74, 6) is 1.00. The van der Waals surface area contributed by atoms with Gasteiger partial charge in [-0.1, -0.05) is 13.3 Å². The van der Waals surface area contributed by atoms with Gasteiger partial charge in [-0.25, -0.2) is 0 Å². The molecule has 1 aliphatic heterocycles. The Bertz CT molecular complexity index is 158. The van der Waals surface area contributed by atoms with Gasteiger partial charge >= 0.3 is 0 Å². The van der Waals surface area contributed by atoms with E-state index < -0.39 is 0 Å². The van der Waals surface area contributed by atoms with E-state index in [2.05, 4.69) is 12.2 Å². The second kappa shape index (κ2) is 8.97. The van der Waals surface area contributed by atoms with Crippen molar-refractivity contribution in [2.45, 2.75) is 39.0 Å². The lowest BCUT2D eigenvalue weighted by Gasteiger charge is -2.29. The van der Waals surface area contributed by atoms with E-state index in [1.807, 2.05) is 0 Å². The first kappa shape index (κ1) is 13.9. The van der Waals surface area contributed by atoms with E-state index >= 15 is 0 Å². The van der Waals surface area contributed by atoms with Crippen LogP contribution >= 0.6 is 0 Å². The monoisotopic (exact) mass is 229 g/mol. The maximum absolute atomic E-state index is 9.40. The predicted molar refractivity (Wildman–Crippen MR) is 66.5 cm³/mol. The Morgan fingerprint density at radius 1 is 1.44 bits per heavy atom. The van der Waals surface area contributed by atoms with Gasteiger partial charge in [0.15, 0.2) is 0 Å². The quantitative estimate of drug-likeness (QED) is 0.624. The zero-order valence-corrected chi connectivity index (χ0v) is 10.6. The van der Waals surface area contributed by atoms with Gasteiger partial charge in [-0.3, -0.25) is 0 Å². The van der Waals surface area contributed by atoms with Crippen LogP contribution in [0.5, 0.6) is 0 Å². The topological polar surface area (TPSA) is 41.5 Å². The molecule has 0 spiro atoms. The third kappa shape index (κ3) is 5.28. The maximum Gasteiger partial charge on any atom is 0.0497 e. The number of aliphatic hydroxyl groups is 1. The van der Waals surface area contributed by atoms with Crippen molar-refractivity contribution in [3.63, 3.8) is 0 Å². The van der Waals surface area contributed by atoms with E-state index in [9.17, 15) is 5.11 Å². The standard InChI is InChI=1S/C13H27NO2/c1-2-3-7-14-8-6-12(10-15)13-5-4-9-16-11-13/h12-15H,2-11H2,1H3. The van der Waals surface area contributed by atoms with Crippen molar-refractivity contribution in [3.8, 4) is 0 Å². The first-order chi connectivity index (χ1) is 7.88. The van der Waals surface area contributed by atoms with Crippen molar-refractivity contribution in [2.24, 2.45) is 11.8 Å². The average molecular weight is 229 g/mol. The van der Waals surface area contributed by atoms with E-state index in [1.165, 1.54) is 19.3 Å². The van der Waals surface area contributed by atoms with E-state index in [-0.39, 0.29) is 0 Å². The van der Waals surface area contributed by atoms with Crippen LogP contribution in [0.25, 0.3) is 0 Å². The first-order valence-electron chi connectivity index (χ1n) is 6.77. The predicted octanol–water partition coefficient (Wildman–Crippen LogP) is 1.80. The van der Waals surface area contributed by atoms with Crippen LogP contribution in [0.4, 0.5) is 0 Å². The zero-order valence-electron chi connectivity index (χ0n) is 10.6. The zero-order chi connectivity index (χ0) is 11.6. The molecule has 0 saturated carbocycles. The maximum atomic E-state index is 9.40. The van der Waals surface area contributed by atoms with Gasteiger partial charge in [0.1, 0.15) is 0 Å². The SMILES string of the molecule is CCCCNCCC(CO)C1CCCOC1. The molecule has 1 heterocycles. The van der Waals surface area contributed by atoms with Crippen LogP contribution in [0, 0.1) is 11.8 Å². The Balaban J connectivity index is 2.10. The van der Waals surface area contributed by atoms with E-state index in [1.54, 1.807) is 0 Å². The molecule has 0 bridgehead atoms. The summed E-state index contributed by atoms with van der Waals surface area (Å²) >= 11 is 0. The lowest BCUT2D eigenvalue weighted by molar-refractivity contribution is 0.0143. The smallest absolute Gasteiger partial charge is 0.0497 e. The molecule has 1 rings (SSSR count). The van der Waals surface area contributed by atoms with Crippen molar-refractivity contribution in [2.75, 3.05) is 32.9 Å². The second-order valence-corrected chi connectivity index (χ2v) is 4.81. The first-order valence-corrected chi connectivity index (χ1v) is 6.77. The van der Waals surface area contributed by atoms with Gasteiger partial charge in [-0.15, -0.1) is 0 Å². The molecule has 2 N–H and O–H groups in total. The molecule has 0 aromatic carbocycles. The minimum atomic E-state index is 0.309. The molecule has 0 amide bonds. The third-order valence-corrected chi connectivity index (χ3v) is 3.50. The fourth-order valence-corrected chi connectivity index (χ4v) is 2.33. The molecular formula is C13H27NO2. The summed E-state index contributed by atoms with van der Waals surface area (Å²) < 4.78 is 5.48. The molecule has 1 aliphatic rings. The second-order valence-electron chi connectivity index (χ2n) is 4.81. The summed E-state index contributed by atoms with van der Waals surface area (Å²) in [5, 5.41) is 12.8. The van der Waals surface area contributed by atoms with Crippen LogP contribution in [-0.4, -0.2) is 38.0 Å². The van der Waals surface area contributed by atoms with Crippen molar-refractivity contribution >= 4 is 0 Å². The fraction of sp³-hybridized carbons (Fsp3) is 1.00. The Labute approximate surface area is 99.6 Å². The minimum absolute atomic E-state index is 0.309. The minimum Gasteiger partial charge on any atom is -0.396 e. The van der Waals surface area contributed by atoms with Crippen LogP contribution in [0.1, 0.15) is 39.0 Å². The van der Waals surface area contributed by atoms with Gasteiger partial charge in [-0.05, 0) is 50.6 Å². The number of ether oxygens (including phenoxy) is 1. The molecule has 2 atom stereocenters. The highest BCUT2D eigenvalue weighted by atomic mass is 16.5. The Morgan fingerprint density at radius 2 is 2.31 bits per heavy atom. The van der Waals surface area contributed by atoms with Crippen LogP contribution in [0.3, 0.4) is 0 Å². The summed E-state index contributed by atoms with van der Waals surface area (Å²) in [6.45, 7) is 6.40. The summed E-state index contributed by atoms with van der Waals surface area (Å²) in [4.78, 5) is 0. The Kier molecular flexibility index (Phi) is 7.81. The number of aliphatic hydroxyl groups excluding tert-OH is 1. The molecule has 0 aromatic rings. The van der Waals surface area contributed by atoms with Gasteiger partial charge < -0.3 is 15.2 Å². The number of hydrogen-bond acceptors (Lipinski definition) is 3. The molecule has 1 fully saturated rings. The van der Waals surface area contributed by atoms with Crippen molar-refractivity contribution < 1.29 is 9.84 Å². The van der Waals surface area contributed by atoms with Gasteiger partial charge in [0, 0.05) is 19.8 Å². The average Bonchev–Trinajstić information content (AvgIpc) is 2.35. The Morgan fingerprint density at radius 3 is 2.94 bits per heavy atom. The summed E-state index contributed by atoms with van der Waals surface area (Å²) in [6, 6.07) is 0.